The van der Waals surface area contributed by atoms with Crippen molar-refractivity contribution in [3.63, 3.8) is 0 Å². The third-order valence-electron chi connectivity index (χ3n) is 5.41. The highest BCUT2D eigenvalue weighted by Gasteiger charge is 2.36. The Hall–Kier alpha value is -4.38. The van der Waals surface area contributed by atoms with Crippen LogP contribution in [0.1, 0.15) is 16.9 Å². The Kier molecular flexibility index (Phi) is 6.93. The Morgan fingerprint density at radius 2 is 1.94 bits per heavy atom. The average molecular weight is 508 g/mol. The van der Waals surface area contributed by atoms with Crippen LogP contribution in [0.4, 0.5) is 16.2 Å². The number of nitrogens with one attached hydrogen (secondary N) is 1. The maximum Gasteiger partial charge on any atom is 0.294 e. The first-order valence-electron chi connectivity index (χ1n) is 10.7. The number of hydrogen-bond donors (Lipinski definition) is 1. The molecule has 36 heavy (non-hydrogen) atoms. The summed E-state index contributed by atoms with van der Waals surface area (Å²) in [5.74, 6) is -0.371. The van der Waals surface area contributed by atoms with E-state index in [1.807, 2.05) is 32.0 Å². The minimum Gasteiger partial charge on any atom is -0.497 e. The molecule has 3 aromatic rings. The van der Waals surface area contributed by atoms with E-state index in [0.29, 0.717) is 23.2 Å². The molecule has 2 aromatic carbocycles. The molecule has 1 aromatic heterocycles. The molecule has 2 heterocycles. The van der Waals surface area contributed by atoms with Crippen molar-refractivity contribution in [1.29, 1.82) is 0 Å². The molecule has 1 aliphatic heterocycles. The summed E-state index contributed by atoms with van der Waals surface area (Å²) in [4.78, 5) is 49.6. The normalized spacial score (nSPS) is 14.4. The van der Waals surface area contributed by atoms with Crippen LogP contribution in [0.15, 0.2) is 57.9 Å². The van der Waals surface area contributed by atoms with Gasteiger partial charge in [0.1, 0.15) is 23.8 Å². The number of carbonyl (C=O) groups excluding carboxylic acids is 3. The first-order valence-corrected chi connectivity index (χ1v) is 11.5. The van der Waals surface area contributed by atoms with E-state index in [1.54, 1.807) is 6.07 Å². The second kappa shape index (κ2) is 10.1. The zero-order valence-corrected chi connectivity index (χ0v) is 20.4. The largest absolute Gasteiger partial charge is 0.497 e. The van der Waals surface area contributed by atoms with E-state index in [0.717, 1.165) is 16.0 Å². The van der Waals surface area contributed by atoms with Crippen LogP contribution >= 0.6 is 11.8 Å². The summed E-state index contributed by atoms with van der Waals surface area (Å²) < 4.78 is 10.7. The standard InChI is InChI=1S/C25H21N3O7S/c1-14-4-5-15(2)19(10-14)26-23(29)13-27-24(30)22(36-25(27)31)12-17-7-9-21(35-17)18-8-6-16(34-3)11-20(18)28(32)33/h4-12H,13H2,1-3H3,(H,26,29)/b22-12+. The predicted molar refractivity (Wildman–Crippen MR) is 135 cm³/mol. The summed E-state index contributed by atoms with van der Waals surface area (Å²) in [5, 5.41) is 13.6. The van der Waals surface area contributed by atoms with Gasteiger partial charge in [0, 0.05) is 11.8 Å². The van der Waals surface area contributed by atoms with Crippen molar-refractivity contribution in [1.82, 2.24) is 4.90 Å². The van der Waals surface area contributed by atoms with E-state index >= 15 is 0 Å². The van der Waals surface area contributed by atoms with E-state index in [1.165, 1.54) is 37.5 Å². The molecular formula is C25H21N3O7S. The zero-order chi connectivity index (χ0) is 26.0. The SMILES string of the molecule is COc1ccc(-c2ccc(/C=C3/SC(=O)N(CC(=O)Nc4cc(C)ccc4C)C3=O)o2)c([N+](=O)[O-])c1. The topological polar surface area (TPSA) is 132 Å². The molecule has 184 valence electrons. The van der Waals surface area contributed by atoms with Gasteiger partial charge in [-0.1, -0.05) is 12.1 Å². The van der Waals surface area contributed by atoms with Crippen molar-refractivity contribution in [3.8, 4) is 17.1 Å². The van der Waals surface area contributed by atoms with Gasteiger partial charge in [0.15, 0.2) is 0 Å². The molecule has 1 aliphatic rings. The van der Waals surface area contributed by atoms with Crippen LogP contribution in [0.2, 0.25) is 0 Å². The number of furan rings is 1. The van der Waals surface area contributed by atoms with Crippen LogP contribution < -0.4 is 10.1 Å². The Labute approximate surface area is 210 Å². The van der Waals surface area contributed by atoms with E-state index < -0.39 is 28.5 Å². The number of nitrogens with zero attached hydrogens (tertiary/aromatic N) is 2. The monoisotopic (exact) mass is 507 g/mol. The lowest BCUT2D eigenvalue weighted by atomic mass is 10.1. The number of methoxy groups -OCH3 is 1. The van der Waals surface area contributed by atoms with Gasteiger partial charge in [-0.05, 0) is 67.1 Å². The van der Waals surface area contributed by atoms with Crippen LogP contribution in [-0.4, -0.2) is 40.5 Å². The molecule has 1 N–H and O–H groups in total. The number of thioether (sulfide) groups is 1. The van der Waals surface area contributed by atoms with E-state index in [-0.39, 0.29) is 27.7 Å². The van der Waals surface area contributed by atoms with E-state index in [9.17, 15) is 24.5 Å². The lowest BCUT2D eigenvalue weighted by molar-refractivity contribution is -0.384. The van der Waals surface area contributed by atoms with Crippen LogP contribution in [0.25, 0.3) is 17.4 Å². The summed E-state index contributed by atoms with van der Waals surface area (Å²) in [6.45, 7) is 3.30. The fourth-order valence-corrected chi connectivity index (χ4v) is 4.36. The number of benzene rings is 2. The first-order chi connectivity index (χ1) is 17.2. The smallest absolute Gasteiger partial charge is 0.294 e. The highest BCUT2D eigenvalue weighted by Crippen LogP contribution is 2.36. The molecule has 0 unspecified atom stereocenters. The molecule has 0 saturated carbocycles. The summed E-state index contributed by atoms with van der Waals surface area (Å²) in [5.41, 5.74) is 2.46. The van der Waals surface area contributed by atoms with Crippen molar-refractivity contribution in [2.45, 2.75) is 13.8 Å². The molecule has 10 nitrogen and oxygen atoms in total. The first kappa shape index (κ1) is 24.7. The fourth-order valence-electron chi connectivity index (χ4n) is 3.54. The highest BCUT2D eigenvalue weighted by atomic mass is 32.2. The lowest BCUT2D eigenvalue weighted by Crippen LogP contribution is -2.36. The number of anilines is 1. The van der Waals surface area contributed by atoms with Gasteiger partial charge in [0.2, 0.25) is 5.91 Å². The van der Waals surface area contributed by atoms with Crippen LogP contribution in [-0.2, 0) is 9.59 Å². The molecule has 1 saturated heterocycles. The Morgan fingerprint density at radius 1 is 1.17 bits per heavy atom. The van der Waals surface area contributed by atoms with Crippen molar-refractivity contribution in [2.24, 2.45) is 0 Å². The lowest BCUT2D eigenvalue weighted by Gasteiger charge is -2.14. The summed E-state index contributed by atoms with van der Waals surface area (Å²) in [6, 6.07) is 13.0. The molecule has 0 bridgehead atoms. The molecule has 3 amide bonds. The van der Waals surface area contributed by atoms with Gasteiger partial charge < -0.3 is 14.5 Å². The quantitative estimate of drug-likeness (QED) is 0.264. The van der Waals surface area contributed by atoms with Gasteiger partial charge in [-0.25, -0.2) is 0 Å². The molecule has 11 heteroatoms. The Morgan fingerprint density at radius 3 is 2.67 bits per heavy atom. The van der Waals surface area contributed by atoms with Crippen LogP contribution in [0.3, 0.4) is 0 Å². The number of amides is 3. The van der Waals surface area contributed by atoms with Gasteiger partial charge in [-0.3, -0.25) is 29.4 Å². The van der Waals surface area contributed by atoms with Crippen molar-refractivity contribution >= 4 is 46.3 Å². The number of carbonyl (C=O) groups is 3. The van der Waals surface area contributed by atoms with Gasteiger partial charge in [-0.15, -0.1) is 0 Å². The molecule has 0 radical (unpaired) electrons. The summed E-state index contributed by atoms with van der Waals surface area (Å²) in [6.07, 6.45) is 1.37. The summed E-state index contributed by atoms with van der Waals surface area (Å²) in [7, 11) is 1.41. The summed E-state index contributed by atoms with van der Waals surface area (Å²) >= 11 is 0.682. The Bertz CT molecular complexity index is 1430. The van der Waals surface area contributed by atoms with Gasteiger partial charge in [0.05, 0.1) is 28.6 Å². The van der Waals surface area contributed by atoms with E-state index in [2.05, 4.69) is 5.32 Å². The minimum atomic E-state index is -0.630. The third kappa shape index (κ3) is 5.15. The second-order valence-corrected chi connectivity index (χ2v) is 8.97. The predicted octanol–water partition coefficient (Wildman–Crippen LogP) is 5.16. The average Bonchev–Trinajstić information content (AvgIpc) is 3.41. The minimum absolute atomic E-state index is 0.0738. The highest BCUT2D eigenvalue weighted by molar-refractivity contribution is 8.18. The number of aryl methyl sites for hydroxylation is 2. The molecule has 0 spiro atoms. The number of rotatable bonds is 7. The second-order valence-electron chi connectivity index (χ2n) is 7.98. The number of hydrogen-bond acceptors (Lipinski definition) is 8. The van der Waals surface area contributed by atoms with Gasteiger partial charge in [0.25, 0.3) is 16.8 Å². The number of imide groups is 1. The van der Waals surface area contributed by atoms with Crippen LogP contribution in [0, 0.1) is 24.0 Å². The van der Waals surface area contributed by atoms with Crippen molar-refractivity contribution in [2.75, 3.05) is 19.0 Å². The van der Waals surface area contributed by atoms with Crippen LogP contribution in [0.5, 0.6) is 5.75 Å². The molecular weight excluding hydrogens is 486 g/mol. The zero-order valence-electron chi connectivity index (χ0n) is 19.6. The number of ether oxygens (including phenoxy) is 1. The number of nitro groups is 1. The maximum atomic E-state index is 12.8. The molecule has 1 fully saturated rings. The van der Waals surface area contributed by atoms with Gasteiger partial charge >= 0.3 is 0 Å². The molecule has 0 atom stereocenters. The van der Waals surface area contributed by atoms with Crippen molar-refractivity contribution in [3.05, 3.63) is 80.4 Å². The van der Waals surface area contributed by atoms with Gasteiger partial charge in [-0.2, -0.15) is 0 Å². The Balaban J connectivity index is 1.50. The number of nitro benzene ring substituents is 1. The maximum absolute atomic E-state index is 12.8. The fraction of sp³-hybridized carbons (Fsp3) is 0.160. The van der Waals surface area contributed by atoms with Crippen molar-refractivity contribution < 1.29 is 28.5 Å². The third-order valence-corrected chi connectivity index (χ3v) is 6.32. The van der Waals surface area contributed by atoms with E-state index in [4.69, 9.17) is 9.15 Å². The molecule has 0 aliphatic carbocycles. The molecule has 4 rings (SSSR count).